The van der Waals surface area contributed by atoms with Crippen LogP contribution in [0.5, 0.6) is 0 Å². The minimum Gasteiger partial charge on any atom is -0.481 e. The number of carboxylic acids is 1. The molecule has 1 aliphatic rings. The maximum Gasteiger partial charge on any atom is 0.308 e. The first-order chi connectivity index (χ1) is 9.40. The van der Waals surface area contributed by atoms with Gasteiger partial charge in [0.2, 0.25) is 5.91 Å². The molecule has 20 heavy (non-hydrogen) atoms. The molecule has 0 spiro atoms. The lowest BCUT2D eigenvalue weighted by Gasteiger charge is -2.23. The fourth-order valence-corrected chi connectivity index (χ4v) is 3.03. The van der Waals surface area contributed by atoms with Gasteiger partial charge in [-0.3, -0.25) is 9.59 Å². The Bertz CT molecular complexity index is 547. The van der Waals surface area contributed by atoms with Crippen LogP contribution < -0.4 is 0 Å². The van der Waals surface area contributed by atoms with Gasteiger partial charge < -0.3 is 10.0 Å². The number of rotatable bonds is 3. The van der Waals surface area contributed by atoms with Crippen LogP contribution in [0.1, 0.15) is 18.9 Å². The van der Waals surface area contributed by atoms with Crippen molar-refractivity contribution in [2.45, 2.75) is 25.8 Å². The van der Waals surface area contributed by atoms with Crippen molar-refractivity contribution in [1.29, 1.82) is 0 Å². The van der Waals surface area contributed by atoms with E-state index in [0.717, 1.165) is 0 Å². The van der Waals surface area contributed by atoms with E-state index in [2.05, 4.69) is 0 Å². The van der Waals surface area contributed by atoms with Crippen LogP contribution in [0.3, 0.4) is 0 Å². The summed E-state index contributed by atoms with van der Waals surface area (Å²) in [6.07, 6.45) is 0.656. The highest BCUT2D eigenvalue weighted by atomic mass is 35.5. The topological polar surface area (TPSA) is 57.6 Å². The number of benzene rings is 1. The molecule has 2 rings (SSSR count). The van der Waals surface area contributed by atoms with Gasteiger partial charge in [-0.15, -0.1) is 0 Å². The number of hydrogen-bond donors (Lipinski definition) is 1. The second-order valence-corrected chi connectivity index (χ2v) is 5.82. The van der Waals surface area contributed by atoms with E-state index in [9.17, 15) is 9.59 Å². The Hall–Kier alpha value is -1.26. The third kappa shape index (κ3) is 3.07. The first-order valence-corrected chi connectivity index (χ1v) is 7.12. The maximum absolute atomic E-state index is 12.3. The Morgan fingerprint density at radius 2 is 2.10 bits per heavy atom. The fourth-order valence-electron chi connectivity index (χ4n) is 2.55. The molecule has 1 saturated heterocycles. The van der Waals surface area contributed by atoms with Gasteiger partial charge in [0.15, 0.2) is 0 Å². The SMILES string of the molecule is CC1C(C(=O)O)CCN1C(=O)Cc1ccc(Cl)cc1Cl. The van der Waals surface area contributed by atoms with Crippen LogP contribution in [-0.4, -0.2) is 34.5 Å². The number of nitrogens with zero attached hydrogens (tertiary/aromatic N) is 1. The molecule has 0 saturated carbocycles. The monoisotopic (exact) mass is 315 g/mol. The van der Waals surface area contributed by atoms with E-state index in [-0.39, 0.29) is 18.4 Å². The first-order valence-electron chi connectivity index (χ1n) is 6.36. The van der Waals surface area contributed by atoms with Crippen LogP contribution in [0, 0.1) is 5.92 Å². The molecule has 1 aromatic rings. The molecule has 1 heterocycles. The van der Waals surface area contributed by atoms with Gasteiger partial charge in [0.05, 0.1) is 12.3 Å². The lowest BCUT2D eigenvalue weighted by atomic mass is 10.0. The summed E-state index contributed by atoms with van der Waals surface area (Å²) in [6, 6.07) is 4.71. The van der Waals surface area contributed by atoms with Gasteiger partial charge >= 0.3 is 5.97 Å². The number of amides is 1. The molecule has 1 fully saturated rings. The first kappa shape index (κ1) is 15.1. The van der Waals surface area contributed by atoms with Crippen LogP contribution >= 0.6 is 23.2 Å². The normalized spacial score (nSPS) is 22.1. The molecular weight excluding hydrogens is 301 g/mol. The number of aliphatic carboxylic acids is 1. The van der Waals surface area contributed by atoms with Gasteiger partial charge in [-0.1, -0.05) is 29.3 Å². The second-order valence-electron chi connectivity index (χ2n) is 4.97. The van der Waals surface area contributed by atoms with Gasteiger partial charge in [0.1, 0.15) is 0 Å². The summed E-state index contributed by atoms with van der Waals surface area (Å²) in [5, 5.41) is 10.0. The van der Waals surface area contributed by atoms with Crippen LogP contribution in [-0.2, 0) is 16.0 Å². The zero-order valence-corrected chi connectivity index (χ0v) is 12.5. The molecule has 1 amide bonds. The Labute approximate surface area is 127 Å². The summed E-state index contributed by atoms with van der Waals surface area (Å²) in [6.45, 7) is 2.25. The van der Waals surface area contributed by atoms with Crippen molar-refractivity contribution in [2.24, 2.45) is 5.92 Å². The quantitative estimate of drug-likeness (QED) is 0.933. The summed E-state index contributed by atoms with van der Waals surface area (Å²) < 4.78 is 0. The van der Waals surface area contributed by atoms with Crippen LogP contribution in [0.25, 0.3) is 0 Å². The van der Waals surface area contributed by atoms with Gasteiger partial charge in [-0.05, 0) is 31.0 Å². The van der Waals surface area contributed by atoms with Gasteiger partial charge in [-0.25, -0.2) is 0 Å². The van der Waals surface area contributed by atoms with E-state index in [4.69, 9.17) is 28.3 Å². The second kappa shape index (κ2) is 6.02. The van der Waals surface area contributed by atoms with Crippen molar-refractivity contribution in [2.75, 3.05) is 6.54 Å². The maximum atomic E-state index is 12.3. The number of carbonyl (C=O) groups is 2. The molecule has 1 aromatic carbocycles. The summed E-state index contributed by atoms with van der Waals surface area (Å²) in [5.41, 5.74) is 0.701. The molecule has 2 unspecified atom stereocenters. The average molecular weight is 316 g/mol. The third-order valence-electron chi connectivity index (χ3n) is 3.75. The molecule has 1 aliphatic heterocycles. The minimum atomic E-state index is -0.850. The zero-order valence-electron chi connectivity index (χ0n) is 11.0. The van der Waals surface area contributed by atoms with E-state index in [0.29, 0.717) is 28.6 Å². The van der Waals surface area contributed by atoms with Crippen molar-refractivity contribution < 1.29 is 14.7 Å². The molecular formula is C14H15Cl2NO3. The molecule has 2 atom stereocenters. The van der Waals surface area contributed by atoms with Crippen molar-refractivity contribution in [3.63, 3.8) is 0 Å². The van der Waals surface area contributed by atoms with E-state index < -0.39 is 11.9 Å². The van der Waals surface area contributed by atoms with E-state index in [1.54, 1.807) is 30.0 Å². The van der Waals surface area contributed by atoms with Gasteiger partial charge in [0.25, 0.3) is 0 Å². The zero-order chi connectivity index (χ0) is 14.9. The molecule has 6 heteroatoms. The Morgan fingerprint density at radius 1 is 1.40 bits per heavy atom. The van der Waals surface area contributed by atoms with Crippen molar-refractivity contribution in [3.05, 3.63) is 33.8 Å². The Balaban J connectivity index is 2.07. The van der Waals surface area contributed by atoms with Crippen molar-refractivity contribution in [3.8, 4) is 0 Å². The molecule has 0 aromatic heterocycles. The van der Waals surface area contributed by atoms with E-state index >= 15 is 0 Å². The molecule has 0 bridgehead atoms. The molecule has 108 valence electrons. The summed E-state index contributed by atoms with van der Waals surface area (Å²) in [5.74, 6) is -1.44. The summed E-state index contributed by atoms with van der Waals surface area (Å²) in [4.78, 5) is 24.9. The predicted molar refractivity (Wildman–Crippen MR) is 77.1 cm³/mol. The van der Waals surface area contributed by atoms with Gasteiger partial charge in [0, 0.05) is 22.6 Å². The summed E-state index contributed by atoms with van der Waals surface area (Å²) in [7, 11) is 0. The molecule has 1 N–H and O–H groups in total. The number of likely N-dealkylation sites (tertiary alicyclic amines) is 1. The Morgan fingerprint density at radius 3 is 2.65 bits per heavy atom. The highest BCUT2D eigenvalue weighted by Crippen LogP contribution is 2.27. The third-order valence-corrected chi connectivity index (χ3v) is 4.34. The smallest absolute Gasteiger partial charge is 0.308 e. The van der Waals surface area contributed by atoms with Crippen molar-refractivity contribution in [1.82, 2.24) is 4.90 Å². The highest BCUT2D eigenvalue weighted by molar-refractivity contribution is 6.35. The van der Waals surface area contributed by atoms with Gasteiger partial charge in [-0.2, -0.15) is 0 Å². The minimum absolute atomic E-state index is 0.106. The Kier molecular flexibility index (Phi) is 4.55. The largest absolute Gasteiger partial charge is 0.481 e. The highest BCUT2D eigenvalue weighted by Gasteiger charge is 2.37. The summed E-state index contributed by atoms with van der Waals surface area (Å²) >= 11 is 11.9. The average Bonchev–Trinajstić information content (AvgIpc) is 2.74. The standard InChI is InChI=1S/C14H15Cl2NO3/c1-8-11(14(19)20)4-5-17(8)13(18)6-9-2-3-10(15)7-12(9)16/h2-3,7-8,11H,4-6H2,1H3,(H,19,20). The van der Waals surface area contributed by atoms with Crippen molar-refractivity contribution >= 4 is 35.1 Å². The van der Waals surface area contributed by atoms with Crippen LogP contribution in [0.2, 0.25) is 10.0 Å². The van der Waals surface area contributed by atoms with Crippen LogP contribution in [0.4, 0.5) is 0 Å². The fraction of sp³-hybridized carbons (Fsp3) is 0.429. The van der Waals surface area contributed by atoms with E-state index in [1.165, 1.54) is 0 Å². The molecule has 0 radical (unpaired) electrons. The number of halogens is 2. The van der Waals surface area contributed by atoms with E-state index in [1.807, 2.05) is 0 Å². The number of carbonyl (C=O) groups excluding carboxylic acids is 1. The predicted octanol–water partition coefficient (Wildman–Crippen LogP) is 2.86. The lowest BCUT2D eigenvalue weighted by Crippen LogP contribution is -2.38. The van der Waals surface area contributed by atoms with Crippen LogP contribution in [0.15, 0.2) is 18.2 Å². The number of hydrogen-bond acceptors (Lipinski definition) is 2. The molecule has 0 aliphatic carbocycles. The molecule has 4 nitrogen and oxygen atoms in total. The lowest BCUT2D eigenvalue weighted by molar-refractivity contribution is -0.143. The number of carboxylic acid groups (broad SMARTS) is 1.